The van der Waals surface area contributed by atoms with Crippen LogP contribution >= 0.6 is 0 Å². The highest BCUT2D eigenvalue weighted by molar-refractivity contribution is 5.39. The Balaban J connectivity index is 3.51. The lowest BCUT2D eigenvalue weighted by Gasteiger charge is -2.24. The molecule has 4 heteroatoms. The molecule has 0 spiro atoms. The van der Waals surface area contributed by atoms with Gasteiger partial charge in [-0.3, -0.25) is 0 Å². The van der Waals surface area contributed by atoms with Crippen LogP contribution in [0.2, 0.25) is 0 Å². The molecule has 96 valence electrons. The van der Waals surface area contributed by atoms with E-state index in [1.807, 2.05) is 0 Å². The molecule has 0 aliphatic heterocycles. The Morgan fingerprint density at radius 1 is 1.06 bits per heavy atom. The Morgan fingerprint density at radius 2 is 1.59 bits per heavy atom. The summed E-state index contributed by atoms with van der Waals surface area (Å²) in [5.41, 5.74) is -0.636. The molecule has 0 aliphatic carbocycles. The normalized spacial score (nSPS) is 12.9. The molecule has 0 unspecified atom stereocenters. The Morgan fingerprint density at radius 3 is 1.94 bits per heavy atom. The van der Waals surface area contributed by atoms with Gasteiger partial charge in [0.15, 0.2) is 0 Å². The summed E-state index contributed by atoms with van der Waals surface area (Å²) in [4.78, 5) is 0. The van der Waals surface area contributed by atoms with Gasteiger partial charge in [0.1, 0.15) is 5.82 Å². The van der Waals surface area contributed by atoms with Gasteiger partial charge in [0, 0.05) is 0 Å². The summed E-state index contributed by atoms with van der Waals surface area (Å²) in [5.74, 6) is -0.771. The highest BCUT2D eigenvalue weighted by Gasteiger charge is 2.33. The summed E-state index contributed by atoms with van der Waals surface area (Å²) in [7, 11) is 0. The molecule has 0 saturated heterocycles. The zero-order chi connectivity index (χ0) is 13.4. The Labute approximate surface area is 98.6 Å². The largest absolute Gasteiger partial charge is 0.416 e. The van der Waals surface area contributed by atoms with Crippen LogP contribution < -0.4 is 0 Å². The molecule has 0 radical (unpaired) electrons. The van der Waals surface area contributed by atoms with Gasteiger partial charge in [-0.2, -0.15) is 13.2 Å². The zero-order valence-electron chi connectivity index (χ0n) is 10.4. The minimum Gasteiger partial charge on any atom is -0.207 e. The van der Waals surface area contributed by atoms with Crippen molar-refractivity contribution in [2.45, 2.75) is 45.7 Å². The molecule has 0 bridgehead atoms. The highest BCUT2D eigenvalue weighted by atomic mass is 19.4. The first-order chi connectivity index (χ1) is 7.57. The molecular weight excluding hydrogens is 232 g/mol. The topological polar surface area (TPSA) is 0 Å². The van der Waals surface area contributed by atoms with E-state index in [0.717, 1.165) is 6.07 Å². The molecule has 0 fully saturated rings. The molecule has 17 heavy (non-hydrogen) atoms. The molecule has 1 aromatic carbocycles. The lowest BCUT2D eigenvalue weighted by molar-refractivity contribution is -0.137. The second-order valence-electron chi connectivity index (χ2n) is 5.09. The van der Waals surface area contributed by atoms with E-state index < -0.39 is 23.0 Å². The van der Waals surface area contributed by atoms with Crippen molar-refractivity contribution in [2.75, 3.05) is 0 Å². The van der Waals surface area contributed by atoms with E-state index >= 15 is 0 Å². The predicted molar refractivity (Wildman–Crippen MR) is 59.5 cm³/mol. The monoisotopic (exact) mass is 248 g/mol. The first-order valence-electron chi connectivity index (χ1n) is 5.47. The van der Waals surface area contributed by atoms with Crippen LogP contribution in [0.3, 0.4) is 0 Å². The quantitative estimate of drug-likeness (QED) is 0.632. The summed E-state index contributed by atoms with van der Waals surface area (Å²) in [6, 6.07) is 1.63. The van der Waals surface area contributed by atoms with E-state index in [2.05, 4.69) is 0 Å². The van der Waals surface area contributed by atoms with E-state index in [1.165, 1.54) is 0 Å². The van der Waals surface area contributed by atoms with Crippen molar-refractivity contribution < 1.29 is 17.6 Å². The third-order valence-electron chi connectivity index (χ3n) is 2.68. The van der Waals surface area contributed by atoms with E-state index in [1.54, 1.807) is 27.7 Å². The number of benzene rings is 1. The minimum absolute atomic E-state index is 0.366. The maximum absolute atomic E-state index is 13.7. The van der Waals surface area contributed by atoms with Crippen molar-refractivity contribution >= 4 is 0 Å². The van der Waals surface area contributed by atoms with E-state index in [4.69, 9.17) is 0 Å². The van der Waals surface area contributed by atoms with Gasteiger partial charge >= 0.3 is 6.18 Å². The Kier molecular flexibility index (Phi) is 3.55. The third kappa shape index (κ3) is 2.99. The van der Waals surface area contributed by atoms with Crippen molar-refractivity contribution in [3.8, 4) is 0 Å². The first-order valence-corrected chi connectivity index (χ1v) is 5.47. The van der Waals surface area contributed by atoms with Crippen molar-refractivity contribution in [3.63, 3.8) is 0 Å². The van der Waals surface area contributed by atoms with Crippen LogP contribution in [0.25, 0.3) is 0 Å². The molecule has 0 N–H and O–H groups in total. The van der Waals surface area contributed by atoms with Crippen LogP contribution in [0.15, 0.2) is 12.1 Å². The van der Waals surface area contributed by atoms with Crippen molar-refractivity contribution in [2.24, 2.45) is 0 Å². The molecular formula is C13H16F4. The molecule has 0 atom stereocenters. The summed E-state index contributed by atoms with van der Waals surface area (Å²) < 4.78 is 51.5. The summed E-state index contributed by atoms with van der Waals surface area (Å²) in [6.07, 6.45) is -4.12. The average Bonchev–Trinajstić information content (AvgIpc) is 2.13. The first kappa shape index (κ1) is 14.0. The fourth-order valence-corrected chi connectivity index (χ4v) is 1.83. The Bertz CT molecular complexity index is 411. The molecule has 0 aliphatic rings. The van der Waals surface area contributed by atoms with Crippen LogP contribution in [0, 0.1) is 5.82 Å². The van der Waals surface area contributed by atoms with Gasteiger partial charge in [-0.1, -0.05) is 27.7 Å². The SMILES string of the molecule is CCc1c(F)cc(C(F)(F)F)cc1C(C)(C)C. The van der Waals surface area contributed by atoms with Crippen molar-refractivity contribution in [1.82, 2.24) is 0 Å². The fourth-order valence-electron chi connectivity index (χ4n) is 1.83. The molecule has 0 heterocycles. The van der Waals surface area contributed by atoms with Gasteiger partial charge in [-0.25, -0.2) is 4.39 Å². The third-order valence-corrected chi connectivity index (χ3v) is 2.68. The molecule has 0 aromatic heterocycles. The molecule has 1 rings (SSSR count). The van der Waals surface area contributed by atoms with Gasteiger partial charge in [0.05, 0.1) is 5.56 Å². The van der Waals surface area contributed by atoms with Gasteiger partial charge in [-0.15, -0.1) is 0 Å². The number of halogens is 4. The number of hydrogen-bond donors (Lipinski definition) is 0. The summed E-state index contributed by atoms with van der Waals surface area (Å²) in [5, 5.41) is 0. The summed E-state index contributed by atoms with van der Waals surface area (Å²) in [6.45, 7) is 7.07. The number of alkyl halides is 3. The Hall–Kier alpha value is -1.06. The van der Waals surface area contributed by atoms with Crippen molar-refractivity contribution in [1.29, 1.82) is 0 Å². The molecule has 0 nitrogen and oxygen atoms in total. The van der Waals surface area contributed by atoms with Gasteiger partial charge in [0.25, 0.3) is 0 Å². The average molecular weight is 248 g/mol. The van der Waals surface area contributed by atoms with E-state index in [-0.39, 0.29) is 0 Å². The zero-order valence-corrected chi connectivity index (χ0v) is 10.4. The van der Waals surface area contributed by atoms with Gasteiger partial charge in [0.2, 0.25) is 0 Å². The maximum Gasteiger partial charge on any atom is 0.416 e. The fraction of sp³-hybridized carbons (Fsp3) is 0.538. The maximum atomic E-state index is 13.7. The van der Waals surface area contributed by atoms with Crippen LogP contribution in [-0.2, 0) is 18.0 Å². The smallest absolute Gasteiger partial charge is 0.207 e. The predicted octanol–water partition coefficient (Wildman–Crippen LogP) is 4.70. The molecule has 0 saturated carbocycles. The highest BCUT2D eigenvalue weighted by Crippen LogP contribution is 2.36. The van der Waals surface area contributed by atoms with Crippen LogP contribution in [0.4, 0.5) is 17.6 Å². The second kappa shape index (κ2) is 4.31. The molecule has 1 aromatic rings. The van der Waals surface area contributed by atoms with Crippen molar-refractivity contribution in [3.05, 3.63) is 34.6 Å². The van der Waals surface area contributed by atoms with E-state index in [0.29, 0.717) is 23.6 Å². The van der Waals surface area contributed by atoms with Crippen LogP contribution in [0.5, 0.6) is 0 Å². The lowest BCUT2D eigenvalue weighted by Crippen LogP contribution is -2.18. The van der Waals surface area contributed by atoms with Gasteiger partial charge in [-0.05, 0) is 35.1 Å². The van der Waals surface area contributed by atoms with E-state index in [9.17, 15) is 17.6 Å². The van der Waals surface area contributed by atoms with Crippen LogP contribution in [-0.4, -0.2) is 0 Å². The number of hydrogen-bond acceptors (Lipinski definition) is 0. The second-order valence-corrected chi connectivity index (χ2v) is 5.09. The standard InChI is InChI=1S/C13H16F4/c1-5-9-10(12(2,3)4)6-8(7-11(9)14)13(15,16)17/h6-7H,5H2,1-4H3. The molecule has 0 amide bonds. The summed E-state index contributed by atoms with van der Waals surface area (Å²) >= 11 is 0. The van der Waals surface area contributed by atoms with Gasteiger partial charge < -0.3 is 0 Å². The lowest BCUT2D eigenvalue weighted by atomic mass is 9.82. The minimum atomic E-state index is -4.51. The number of rotatable bonds is 1. The van der Waals surface area contributed by atoms with Crippen LogP contribution in [0.1, 0.15) is 44.4 Å².